The number of rotatable bonds is 11. The first-order valence-electron chi connectivity index (χ1n) is 23.7. The molecule has 10 rings (SSSR count). The number of fused-ring (bicyclic) bond motifs is 2. The third-order valence-corrected chi connectivity index (χ3v) is 13.1. The van der Waals surface area contributed by atoms with Crippen molar-refractivity contribution in [2.75, 3.05) is 9.80 Å². The first-order valence-corrected chi connectivity index (χ1v) is 23.7. The molecule has 330 valence electrons. The van der Waals surface area contributed by atoms with Gasteiger partial charge in [-0.2, -0.15) is 0 Å². The normalized spacial score (nSPS) is 11.6. The van der Waals surface area contributed by atoms with Crippen molar-refractivity contribution in [1.29, 1.82) is 0 Å². The first kappa shape index (κ1) is 43.7. The van der Waals surface area contributed by atoms with E-state index in [1.165, 1.54) is 88.6 Å². The van der Waals surface area contributed by atoms with Gasteiger partial charge >= 0.3 is 0 Å². The van der Waals surface area contributed by atoms with Crippen molar-refractivity contribution in [3.05, 3.63) is 262 Å². The van der Waals surface area contributed by atoms with E-state index in [2.05, 4.69) is 282 Å². The Balaban J connectivity index is 1.09. The second-order valence-electron chi connectivity index (χ2n) is 18.3. The summed E-state index contributed by atoms with van der Waals surface area (Å²) in [6.07, 6.45) is 8.76. The van der Waals surface area contributed by atoms with Gasteiger partial charge in [0.15, 0.2) is 0 Å². The molecule has 0 aromatic heterocycles. The number of hydrogen-bond acceptors (Lipinski definition) is 2. The Bertz CT molecular complexity index is 3210. The van der Waals surface area contributed by atoms with Crippen molar-refractivity contribution in [2.24, 2.45) is 0 Å². The summed E-state index contributed by atoms with van der Waals surface area (Å²) in [5, 5.41) is 4.83. The van der Waals surface area contributed by atoms with Gasteiger partial charge in [-0.3, -0.25) is 0 Å². The van der Waals surface area contributed by atoms with Crippen LogP contribution in [0.2, 0.25) is 0 Å². The molecule has 10 aromatic rings. The highest BCUT2D eigenvalue weighted by Gasteiger charge is 2.24. The SMILES string of the molecule is Cc1ccc(/C=C/c2ccc(N(c3ccc(C)cc3)c3c(C)cc(-c4cc(C)c(N(c5ccc(C)cc5)c5ccc(/C=C/c6ccc(C)cc6)cc5)c5ccccc45)c4ccccc34)cc2)cc1. The molecule has 0 saturated carbocycles. The standard InChI is InChI=1S/C66H56N2/c1-45-15-23-51(24-16-45)27-29-53-31-39-57(40-32-53)67(55-35-19-47(3)20-36-55)65-49(5)43-63(59-11-7-9-13-61(59)65)64-44-50(6)66(62-14-10-8-12-60(62)64)68(56-37-21-48(4)22-38-56)58-41-33-54(34-42-58)30-28-52-25-17-46(2)18-26-52/h7-44H,1-6H3/b29-27+,30-28+. The summed E-state index contributed by atoms with van der Waals surface area (Å²) in [6, 6.07) is 75.8. The van der Waals surface area contributed by atoms with Gasteiger partial charge in [0.2, 0.25) is 0 Å². The predicted molar refractivity (Wildman–Crippen MR) is 295 cm³/mol. The monoisotopic (exact) mass is 876 g/mol. The molecule has 10 aromatic carbocycles. The van der Waals surface area contributed by atoms with Gasteiger partial charge in [0.1, 0.15) is 0 Å². The Hall–Kier alpha value is -8.20. The fourth-order valence-corrected chi connectivity index (χ4v) is 9.45. The smallest absolute Gasteiger partial charge is 0.0569 e. The van der Waals surface area contributed by atoms with E-state index in [4.69, 9.17) is 0 Å². The van der Waals surface area contributed by atoms with Crippen molar-refractivity contribution in [3.63, 3.8) is 0 Å². The summed E-state index contributed by atoms with van der Waals surface area (Å²) in [7, 11) is 0. The molecule has 68 heavy (non-hydrogen) atoms. The fraction of sp³-hybridized carbons (Fsp3) is 0.0909. The van der Waals surface area contributed by atoms with Crippen molar-refractivity contribution in [1.82, 2.24) is 0 Å². The third-order valence-electron chi connectivity index (χ3n) is 13.1. The molecular formula is C66H56N2. The second kappa shape index (κ2) is 19.0. The van der Waals surface area contributed by atoms with Gasteiger partial charge in [-0.25, -0.2) is 0 Å². The van der Waals surface area contributed by atoms with Crippen LogP contribution in [0.15, 0.2) is 206 Å². The molecule has 0 bridgehead atoms. The number of benzene rings is 10. The highest BCUT2D eigenvalue weighted by Crippen LogP contribution is 2.48. The van der Waals surface area contributed by atoms with Gasteiger partial charge < -0.3 is 9.80 Å². The fourth-order valence-electron chi connectivity index (χ4n) is 9.45. The minimum atomic E-state index is 1.11. The molecule has 2 nitrogen and oxygen atoms in total. The number of hydrogen-bond donors (Lipinski definition) is 0. The van der Waals surface area contributed by atoms with Crippen molar-refractivity contribution < 1.29 is 0 Å². The summed E-state index contributed by atoms with van der Waals surface area (Å²) in [4.78, 5) is 4.87. The van der Waals surface area contributed by atoms with E-state index in [1.54, 1.807) is 0 Å². The molecule has 0 N–H and O–H groups in total. The lowest BCUT2D eigenvalue weighted by Crippen LogP contribution is -2.13. The topological polar surface area (TPSA) is 6.48 Å². The predicted octanol–water partition coefficient (Wildman–Crippen LogP) is 18.8. The average molecular weight is 877 g/mol. The van der Waals surface area contributed by atoms with Gasteiger partial charge in [-0.1, -0.05) is 192 Å². The zero-order valence-corrected chi connectivity index (χ0v) is 39.8. The van der Waals surface area contributed by atoms with Crippen LogP contribution in [0.3, 0.4) is 0 Å². The molecule has 0 amide bonds. The van der Waals surface area contributed by atoms with Crippen LogP contribution in [0.4, 0.5) is 34.1 Å². The molecule has 0 aliphatic heterocycles. The first-order chi connectivity index (χ1) is 33.2. The van der Waals surface area contributed by atoms with E-state index < -0.39 is 0 Å². The van der Waals surface area contributed by atoms with Crippen LogP contribution in [0.5, 0.6) is 0 Å². The molecule has 0 spiro atoms. The third kappa shape index (κ3) is 9.02. The lowest BCUT2D eigenvalue weighted by atomic mass is 9.88. The maximum absolute atomic E-state index is 2.43. The molecule has 0 atom stereocenters. The molecule has 0 fully saturated rings. The summed E-state index contributed by atoms with van der Waals surface area (Å²) in [6.45, 7) is 13.1. The molecule has 0 heterocycles. The molecule has 0 unspecified atom stereocenters. The summed E-state index contributed by atoms with van der Waals surface area (Å²) in [5.41, 5.74) is 21.4. The van der Waals surface area contributed by atoms with Gasteiger partial charge in [-0.05, 0) is 157 Å². The van der Waals surface area contributed by atoms with E-state index in [9.17, 15) is 0 Å². The van der Waals surface area contributed by atoms with Crippen LogP contribution in [-0.2, 0) is 0 Å². The van der Waals surface area contributed by atoms with E-state index in [0.717, 1.165) is 33.9 Å². The molecule has 0 saturated heterocycles. The number of nitrogens with zero attached hydrogens (tertiary/aromatic N) is 2. The van der Waals surface area contributed by atoms with Crippen molar-refractivity contribution >= 4 is 80.0 Å². The highest BCUT2D eigenvalue weighted by atomic mass is 15.2. The van der Waals surface area contributed by atoms with Gasteiger partial charge in [-0.15, -0.1) is 0 Å². The van der Waals surface area contributed by atoms with Crippen LogP contribution in [0.25, 0.3) is 57.0 Å². The summed E-state index contributed by atoms with van der Waals surface area (Å²) >= 11 is 0. The van der Waals surface area contributed by atoms with Crippen molar-refractivity contribution in [3.8, 4) is 11.1 Å². The Kier molecular flexibility index (Phi) is 12.2. The largest absolute Gasteiger partial charge is 0.310 e. The molecule has 2 heteroatoms. The maximum atomic E-state index is 2.43. The Morgan fingerprint density at radius 1 is 0.265 bits per heavy atom. The average Bonchev–Trinajstić information content (AvgIpc) is 3.36. The molecule has 0 aliphatic carbocycles. The van der Waals surface area contributed by atoms with Crippen LogP contribution >= 0.6 is 0 Å². The highest BCUT2D eigenvalue weighted by molar-refractivity contribution is 6.14. The number of aryl methyl sites for hydroxylation is 6. The van der Waals surface area contributed by atoms with Crippen LogP contribution in [0.1, 0.15) is 55.6 Å². The van der Waals surface area contributed by atoms with E-state index in [0.29, 0.717) is 0 Å². The van der Waals surface area contributed by atoms with Crippen molar-refractivity contribution in [2.45, 2.75) is 41.5 Å². The quantitative estimate of drug-likeness (QED) is 0.119. The van der Waals surface area contributed by atoms with Gasteiger partial charge in [0, 0.05) is 33.5 Å². The minimum Gasteiger partial charge on any atom is -0.310 e. The molecular weight excluding hydrogens is 821 g/mol. The van der Waals surface area contributed by atoms with E-state index in [1.807, 2.05) is 0 Å². The Labute approximate surface area is 402 Å². The maximum Gasteiger partial charge on any atom is 0.0569 e. The van der Waals surface area contributed by atoms with E-state index in [-0.39, 0.29) is 0 Å². The lowest BCUT2D eigenvalue weighted by Gasteiger charge is -2.31. The Morgan fingerprint density at radius 2 is 0.500 bits per heavy atom. The molecule has 0 radical (unpaired) electrons. The number of anilines is 6. The summed E-state index contributed by atoms with van der Waals surface area (Å²) in [5.74, 6) is 0. The molecule has 0 aliphatic rings. The van der Waals surface area contributed by atoms with Crippen LogP contribution < -0.4 is 9.80 Å². The zero-order chi connectivity index (χ0) is 46.7. The summed E-state index contributed by atoms with van der Waals surface area (Å²) < 4.78 is 0. The minimum absolute atomic E-state index is 1.11. The van der Waals surface area contributed by atoms with Crippen LogP contribution in [0, 0.1) is 41.5 Å². The lowest BCUT2D eigenvalue weighted by molar-refractivity contribution is 1.26. The van der Waals surface area contributed by atoms with E-state index >= 15 is 0 Å². The van der Waals surface area contributed by atoms with Gasteiger partial charge in [0.25, 0.3) is 0 Å². The van der Waals surface area contributed by atoms with Crippen LogP contribution in [-0.4, -0.2) is 0 Å². The second-order valence-corrected chi connectivity index (χ2v) is 18.3. The zero-order valence-electron chi connectivity index (χ0n) is 39.8. The Morgan fingerprint density at radius 3 is 0.794 bits per heavy atom. The van der Waals surface area contributed by atoms with Gasteiger partial charge in [0.05, 0.1) is 11.4 Å².